The molecular weight excluding hydrogens is 461 g/mol. The number of pyridine rings is 1. The lowest BCUT2D eigenvalue weighted by molar-refractivity contribution is 0.103. The van der Waals surface area contributed by atoms with E-state index in [0.29, 0.717) is 40.0 Å². The fourth-order valence-corrected chi connectivity index (χ4v) is 4.37. The minimum absolute atomic E-state index is 0.0643. The Morgan fingerprint density at radius 1 is 1.24 bits per heavy atom. The van der Waals surface area contributed by atoms with Crippen molar-refractivity contribution in [2.45, 2.75) is 25.8 Å². The van der Waals surface area contributed by atoms with Crippen molar-refractivity contribution in [2.75, 3.05) is 13.1 Å². The van der Waals surface area contributed by atoms with Crippen LogP contribution in [0.1, 0.15) is 36.2 Å². The van der Waals surface area contributed by atoms with E-state index < -0.39 is 0 Å². The van der Waals surface area contributed by atoms with E-state index in [1.54, 1.807) is 42.1 Å². The lowest BCUT2D eigenvalue weighted by Crippen LogP contribution is -2.36. The summed E-state index contributed by atoms with van der Waals surface area (Å²) in [5, 5.41) is 0.695. The van der Waals surface area contributed by atoms with Crippen LogP contribution >= 0.6 is 23.2 Å². The van der Waals surface area contributed by atoms with Crippen LogP contribution in [0.15, 0.2) is 70.4 Å². The monoisotopic (exact) mass is 483 g/mol. The molecule has 1 aromatic carbocycles. The number of aromatic nitrogens is 3. The zero-order valence-corrected chi connectivity index (χ0v) is 19.6. The number of ketones is 1. The van der Waals surface area contributed by atoms with Gasteiger partial charge in [0.25, 0.3) is 0 Å². The lowest BCUT2D eigenvalue weighted by atomic mass is 10.0. The molecule has 9 heteroatoms. The summed E-state index contributed by atoms with van der Waals surface area (Å²) < 4.78 is 1.79. The number of carbonyl (C=O) groups excluding carboxylic acids is 1. The lowest BCUT2D eigenvalue weighted by Gasteiger charge is -2.34. The number of imidazole rings is 1. The quantitative estimate of drug-likeness (QED) is 0.230. The fraction of sp³-hybridized carbons (Fsp3) is 0.250. The number of hydrogen-bond acceptors (Lipinski definition) is 5. The summed E-state index contributed by atoms with van der Waals surface area (Å²) in [5.41, 5.74) is 2.62. The molecule has 4 rings (SSSR count). The number of aliphatic imine (C=N–C) groups is 1. The number of benzene rings is 1. The number of piperidine rings is 1. The second-order valence-corrected chi connectivity index (χ2v) is 8.57. The fourth-order valence-electron chi connectivity index (χ4n) is 4.07. The molecule has 0 unspecified atom stereocenters. The van der Waals surface area contributed by atoms with Gasteiger partial charge in [0.1, 0.15) is 5.70 Å². The molecule has 0 saturated carbocycles. The van der Waals surface area contributed by atoms with Crippen LogP contribution in [0.5, 0.6) is 0 Å². The van der Waals surface area contributed by atoms with E-state index in [1.807, 2.05) is 12.1 Å². The Morgan fingerprint density at radius 2 is 2.00 bits per heavy atom. The highest BCUT2D eigenvalue weighted by Crippen LogP contribution is 2.28. The third kappa shape index (κ3) is 4.79. The van der Waals surface area contributed by atoms with Crippen molar-refractivity contribution < 1.29 is 4.79 Å². The van der Waals surface area contributed by atoms with Crippen LogP contribution in [0.2, 0.25) is 10.0 Å². The first-order valence-electron chi connectivity index (χ1n) is 10.6. The Kier molecular flexibility index (Phi) is 6.81. The topological polar surface area (TPSA) is 83.4 Å². The number of nitrogens with one attached hydrogen (secondary N) is 1. The molecule has 0 atom stereocenters. The van der Waals surface area contributed by atoms with Crippen LogP contribution in [-0.2, 0) is 0 Å². The maximum absolute atomic E-state index is 13.0. The van der Waals surface area contributed by atoms with E-state index >= 15 is 0 Å². The highest BCUT2D eigenvalue weighted by Gasteiger charge is 2.24. The first-order chi connectivity index (χ1) is 15.9. The van der Waals surface area contributed by atoms with Gasteiger partial charge in [-0.3, -0.25) is 19.3 Å². The van der Waals surface area contributed by atoms with Crippen LogP contribution in [0.3, 0.4) is 0 Å². The predicted molar refractivity (Wildman–Crippen MR) is 132 cm³/mol. The van der Waals surface area contributed by atoms with E-state index in [-0.39, 0.29) is 23.2 Å². The van der Waals surface area contributed by atoms with Crippen molar-refractivity contribution in [1.82, 2.24) is 19.4 Å². The van der Waals surface area contributed by atoms with E-state index in [4.69, 9.17) is 23.2 Å². The predicted octanol–water partition coefficient (Wildman–Crippen LogP) is 5.04. The smallest absolute Gasteiger partial charge is 0.327 e. The van der Waals surface area contributed by atoms with Gasteiger partial charge in [0, 0.05) is 42.8 Å². The van der Waals surface area contributed by atoms with Gasteiger partial charge in [-0.1, -0.05) is 29.8 Å². The van der Waals surface area contributed by atoms with E-state index in [2.05, 4.69) is 26.4 Å². The Bertz CT molecular complexity index is 1330. The van der Waals surface area contributed by atoms with Crippen molar-refractivity contribution in [1.29, 1.82) is 0 Å². The zero-order valence-electron chi connectivity index (χ0n) is 18.1. The largest absolute Gasteiger partial charge is 0.372 e. The summed E-state index contributed by atoms with van der Waals surface area (Å²) in [7, 11) is 0. The molecule has 1 fully saturated rings. The Hall–Kier alpha value is -3.16. The molecule has 0 spiro atoms. The average molecular weight is 484 g/mol. The number of likely N-dealkylation sites (tertiary alicyclic amines) is 1. The number of nitrogens with zero attached hydrogens (tertiary/aromatic N) is 4. The molecule has 0 radical (unpaired) electrons. The minimum Gasteiger partial charge on any atom is -0.372 e. The van der Waals surface area contributed by atoms with Gasteiger partial charge < -0.3 is 4.90 Å². The number of halogens is 2. The molecule has 2 aromatic heterocycles. The Morgan fingerprint density at radius 3 is 2.70 bits per heavy atom. The van der Waals surface area contributed by atoms with Gasteiger partial charge in [0.2, 0.25) is 5.78 Å². The van der Waals surface area contributed by atoms with Crippen LogP contribution in [-0.4, -0.2) is 44.5 Å². The molecule has 1 saturated heterocycles. The minimum atomic E-state index is -0.263. The van der Waals surface area contributed by atoms with Gasteiger partial charge in [-0.15, -0.1) is 0 Å². The molecule has 3 aromatic rings. The summed E-state index contributed by atoms with van der Waals surface area (Å²) in [5.74, 6) is -0.263. The number of hydrogen-bond donors (Lipinski definition) is 1. The molecule has 7 nitrogen and oxygen atoms in total. The highest BCUT2D eigenvalue weighted by atomic mass is 35.5. The van der Waals surface area contributed by atoms with E-state index in [1.165, 1.54) is 6.07 Å². The molecule has 33 heavy (non-hydrogen) atoms. The molecule has 1 N–H and O–H groups in total. The van der Waals surface area contributed by atoms with Crippen molar-refractivity contribution in [3.05, 3.63) is 86.7 Å². The maximum Gasteiger partial charge on any atom is 0.327 e. The molecular formula is C24H23Cl2N5O2. The van der Waals surface area contributed by atoms with Crippen molar-refractivity contribution in [2.24, 2.45) is 4.99 Å². The highest BCUT2D eigenvalue weighted by molar-refractivity contribution is 6.42. The summed E-state index contributed by atoms with van der Waals surface area (Å²) in [6, 6.07) is 8.54. The van der Waals surface area contributed by atoms with Crippen molar-refractivity contribution in [3.63, 3.8) is 0 Å². The molecule has 3 heterocycles. The number of H-pyrrole nitrogens is 1. The summed E-state index contributed by atoms with van der Waals surface area (Å²) in [6.07, 6.45) is 6.45. The Balaban J connectivity index is 1.49. The van der Waals surface area contributed by atoms with Gasteiger partial charge in [-0.25, -0.2) is 9.78 Å². The molecule has 1 aliphatic rings. The molecule has 1 aliphatic heterocycles. The molecule has 0 bridgehead atoms. The summed E-state index contributed by atoms with van der Waals surface area (Å²) in [4.78, 5) is 38.9. The van der Waals surface area contributed by atoms with E-state index in [0.717, 1.165) is 18.4 Å². The number of allylic oxidation sites excluding steroid dienone is 2. The number of rotatable bonds is 6. The van der Waals surface area contributed by atoms with Gasteiger partial charge in [-0.05, 0) is 56.2 Å². The van der Waals surface area contributed by atoms with Crippen molar-refractivity contribution in [3.8, 4) is 0 Å². The Labute approximate surface area is 201 Å². The van der Waals surface area contributed by atoms with Crippen LogP contribution in [0, 0.1) is 0 Å². The first kappa shape index (κ1) is 23.0. The normalized spacial score (nSPS) is 15.5. The van der Waals surface area contributed by atoms with Gasteiger partial charge in [0.15, 0.2) is 5.65 Å². The zero-order chi connectivity index (χ0) is 23.5. The third-order valence-corrected chi connectivity index (χ3v) is 6.45. The van der Waals surface area contributed by atoms with Gasteiger partial charge in [0.05, 0.1) is 15.6 Å². The van der Waals surface area contributed by atoms with Crippen LogP contribution < -0.4 is 5.69 Å². The number of carbonyl (C=O) groups is 1. The van der Waals surface area contributed by atoms with Crippen molar-refractivity contribution >= 4 is 46.4 Å². The molecule has 0 aliphatic carbocycles. The summed E-state index contributed by atoms with van der Waals surface area (Å²) in [6.45, 7) is 7.30. The number of Topliss-reactive ketones (excluding diaryl/α,β-unsaturated/α-hetero) is 1. The standard InChI is InChI=1S/C24H23Cl2N5O2/c1-3-27-20(22(32)16-6-7-18(25)19(26)14-16)13-15(2)30-11-8-17(9-12-30)31-21-5-4-10-28-23(21)29-24(31)33/h3-7,10,13-14,17H,2,8-9,11-12H2,1H3,(H,28,29,33)/b20-13-,27-3?. The van der Waals surface area contributed by atoms with Crippen LogP contribution in [0.4, 0.5) is 0 Å². The maximum atomic E-state index is 13.0. The van der Waals surface area contributed by atoms with Gasteiger partial charge in [-0.2, -0.15) is 0 Å². The third-order valence-electron chi connectivity index (χ3n) is 5.71. The number of fused-ring (bicyclic) bond motifs is 1. The average Bonchev–Trinajstić information content (AvgIpc) is 3.15. The second kappa shape index (κ2) is 9.77. The second-order valence-electron chi connectivity index (χ2n) is 7.76. The first-order valence-corrected chi connectivity index (χ1v) is 11.3. The molecule has 170 valence electrons. The van der Waals surface area contributed by atoms with Crippen LogP contribution in [0.25, 0.3) is 11.2 Å². The number of aromatic amines is 1. The molecule has 0 amide bonds. The SMILES string of the molecule is C=C(/C=C(\N=CC)C(=O)c1ccc(Cl)c(Cl)c1)N1CCC(n2c(=O)[nH]c3ncccc32)CC1. The van der Waals surface area contributed by atoms with E-state index in [9.17, 15) is 9.59 Å². The van der Waals surface area contributed by atoms with Gasteiger partial charge >= 0.3 is 5.69 Å². The summed E-state index contributed by atoms with van der Waals surface area (Å²) >= 11 is 12.0.